The number of amides is 1. The molecule has 6 heteroatoms. The normalized spacial score (nSPS) is 11.2. The Morgan fingerprint density at radius 3 is 2.42 bits per heavy atom. The molecule has 1 aromatic rings. The molecule has 0 aliphatic rings. The number of carbonyl (C=O) groups excluding carboxylic acids is 1. The van der Waals surface area contributed by atoms with Crippen molar-refractivity contribution in [3.05, 3.63) is 28.2 Å². The quantitative estimate of drug-likeness (QED) is 0.652. The minimum Gasteiger partial charge on any atom is -0.496 e. The number of nitrogens with one attached hydrogen (secondary N) is 1. The van der Waals surface area contributed by atoms with Crippen molar-refractivity contribution >= 4 is 53.7 Å². The molecule has 0 spiro atoms. The second kappa shape index (κ2) is 7.64. The van der Waals surface area contributed by atoms with Crippen molar-refractivity contribution in [1.82, 2.24) is 5.32 Å². The molecule has 1 aromatic carbocycles. The molecule has 0 unspecified atom stereocenters. The summed E-state index contributed by atoms with van der Waals surface area (Å²) < 4.78 is 5.92. The van der Waals surface area contributed by atoms with Crippen molar-refractivity contribution < 1.29 is 9.53 Å². The molecule has 0 atom stereocenters. The van der Waals surface area contributed by atoms with Crippen LogP contribution in [0.3, 0.4) is 0 Å². The van der Waals surface area contributed by atoms with Crippen LogP contribution < -0.4 is 10.1 Å². The molecule has 0 heterocycles. The fourth-order valence-electron chi connectivity index (χ4n) is 1.50. The van der Waals surface area contributed by atoms with Gasteiger partial charge in [0, 0.05) is 16.2 Å². The van der Waals surface area contributed by atoms with E-state index in [2.05, 4.69) is 53.1 Å². The number of hydrogen-bond donors (Lipinski definition) is 1. The van der Waals surface area contributed by atoms with E-state index >= 15 is 0 Å². The lowest BCUT2D eigenvalue weighted by Crippen LogP contribution is -2.51. The second-order valence-electron chi connectivity index (χ2n) is 4.20. The van der Waals surface area contributed by atoms with Gasteiger partial charge in [0.05, 0.1) is 17.1 Å². The number of benzene rings is 1. The first-order valence-corrected chi connectivity index (χ1v) is 8.83. The van der Waals surface area contributed by atoms with E-state index in [-0.39, 0.29) is 11.4 Å². The average Bonchev–Trinajstić information content (AvgIpc) is 2.44. The lowest BCUT2D eigenvalue weighted by atomic mass is 10.0. The SMILES string of the molecule is CCC(CBr)(CBr)NC(=O)c1ccc(OC)c(Br)c1. The van der Waals surface area contributed by atoms with E-state index in [9.17, 15) is 4.79 Å². The van der Waals surface area contributed by atoms with Gasteiger partial charge < -0.3 is 10.1 Å². The van der Waals surface area contributed by atoms with Crippen molar-refractivity contribution in [2.24, 2.45) is 0 Å². The fraction of sp³-hybridized carbons (Fsp3) is 0.462. The van der Waals surface area contributed by atoms with E-state index < -0.39 is 0 Å². The van der Waals surface area contributed by atoms with E-state index in [4.69, 9.17) is 4.74 Å². The van der Waals surface area contributed by atoms with Crippen molar-refractivity contribution in [2.45, 2.75) is 18.9 Å². The van der Waals surface area contributed by atoms with E-state index in [0.717, 1.165) is 10.9 Å². The summed E-state index contributed by atoms with van der Waals surface area (Å²) in [5.41, 5.74) is 0.330. The van der Waals surface area contributed by atoms with Gasteiger partial charge in [0.1, 0.15) is 5.75 Å². The number of ether oxygens (including phenoxy) is 1. The Labute approximate surface area is 138 Å². The first-order chi connectivity index (χ1) is 9.01. The summed E-state index contributed by atoms with van der Waals surface area (Å²) in [4.78, 5) is 12.3. The van der Waals surface area contributed by atoms with Crippen LogP contribution in [0, 0.1) is 0 Å². The van der Waals surface area contributed by atoms with Gasteiger partial charge in [-0.25, -0.2) is 0 Å². The topological polar surface area (TPSA) is 38.3 Å². The molecule has 0 aliphatic carbocycles. The summed E-state index contributed by atoms with van der Waals surface area (Å²) in [7, 11) is 1.59. The molecule has 0 saturated heterocycles. The Morgan fingerprint density at radius 2 is 2.00 bits per heavy atom. The van der Waals surface area contributed by atoms with Crippen LogP contribution in [-0.4, -0.2) is 29.2 Å². The lowest BCUT2D eigenvalue weighted by molar-refractivity contribution is 0.0915. The lowest BCUT2D eigenvalue weighted by Gasteiger charge is -2.30. The third-order valence-corrected chi connectivity index (χ3v) is 5.75. The van der Waals surface area contributed by atoms with Crippen molar-refractivity contribution in [1.29, 1.82) is 0 Å². The Kier molecular flexibility index (Phi) is 6.83. The number of halogens is 3. The predicted molar refractivity (Wildman–Crippen MR) is 88.8 cm³/mol. The molecule has 0 fully saturated rings. The molecule has 0 aromatic heterocycles. The van der Waals surface area contributed by atoms with E-state index in [1.807, 2.05) is 6.92 Å². The largest absolute Gasteiger partial charge is 0.496 e. The summed E-state index contributed by atoms with van der Waals surface area (Å²) in [5.74, 6) is 0.614. The Bertz CT molecular complexity index is 439. The number of hydrogen-bond acceptors (Lipinski definition) is 2. The van der Waals surface area contributed by atoms with Crippen LogP contribution in [0.15, 0.2) is 22.7 Å². The van der Waals surface area contributed by atoms with Crippen LogP contribution in [0.25, 0.3) is 0 Å². The van der Waals surface area contributed by atoms with E-state index in [0.29, 0.717) is 22.0 Å². The molecule has 1 amide bonds. The monoisotopic (exact) mass is 455 g/mol. The van der Waals surface area contributed by atoms with E-state index in [1.54, 1.807) is 25.3 Å². The summed E-state index contributed by atoms with van der Waals surface area (Å²) in [6, 6.07) is 5.29. The van der Waals surface area contributed by atoms with Gasteiger partial charge >= 0.3 is 0 Å². The number of alkyl halides is 2. The summed E-state index contributed by atoms with van der Waals surface area (Å²) in [6.07, 6.45) is 0.840. The van der Waals surface area contributed by atoms with Gasteiger partial charge in [0.15, 0.2) is 0 Å². The molecule has 1 rings (SSSR count). The van der Waals surface area contributed by atoms with Crippen LogP contribution in [-0.2, 0) is 0 Å². The molecule has 0 radical (unpaired) electrons. The minimum atomic E-state index is -0.274. The summed E-state index contributed by atoms with van der Waals surface area (Å²) in [6.45, 7) is 2.05. The van der Waals surface area contributed by atoms with Crippen molar-refractivity contribution in [3.63, 3.8) is 0 Å². The average molecular weight is 458 g/mol. The molecule has 0 aliphatic heterocycles. The number of rotatable bonds is 6. The van der Waals surface area contributed by atoms with Crippen molar-refractivity contribution in [2.75, 3.05) is 17.8 Å². The van der Waals surface area contributed by atoms with E-state index in [1.165, 1.54) is 0 Å². The maximum atomic E-state index is 12.3. The maximum Gasteiger partial charge on any atom is 0.251 e. The highest BCUT2D eigenvalue weighted by atomic mass is 79.9. The van der Waals surface area contributed by atoms with Crippen LogP contribution in [0.4, 0.5) is 0 Å². The summed E-state index contributed by atoms with van der Waals surface area (Å²) >= 11 is 10.3. The molecule has 3 nitrogen and oxygen atoms in total. The Balaban J connectivity index is 2.92. The smallest absolute Gasteiger partial charge is 0.251 e. The van der Waals surface area contributed by atoms with Gasteiger partial charge in [-0.15, -0.1) is 0 Å². The zero-order valence-corrected chi connectivity index (χ0v) is 15.6. The van der Waals surface area contributed by atoms with Crippen LogP contribution in [0.5, 0.6) is 5.75 Å². The maximum absolute atomic E-state index is 12.3. The third kappa shape index (κ3) is 4.20. The van der Waals surface area contributed by atoms with Gasteiger partial charge in [0.25, 0.3) is 5.91 Å². The minimum absolute atomic E-state index is 0.0934. The molecule has 0 bridgehead atoms. The highest BCUT2D eigenvalue weighted by Gasteiger charge is 2.28. The highest BCUT2D eigenvalue weighted by Crippen LogP contribution is 2.26. The molecule has 19 heavy (non-hydrogen) atoms. The van der Waals surface area contributed by atoms with Crippen LogP contribution in [0.1, 0.15) is 23.7 Å². The second-order valence-corrected chi connectivity index (χ2v) is 6.18. The predicted octanol–water partition coefficient (Wildman–Crippen LogP) is 4.13. The zero-order chi connectivity index (χ0) is 14.5. The molecule has 106 valence electrons. The molecular weight excluding hydrogens is 442 g/mol. The zero-order valence-electron chi connectivity index (χ0n) is 10.8. The Hall–Kier alpha value is -0.0700. The molecule has 0 saturated carbocycles. The standard InChI is InChI=1S/C13H16Br3NO2/c1-3-13(7-14,8-15)17-12(18)9-4-5-11(19-2)10(16)6-9/h4-6H,3,7-8H2,1-2H3,(H,17,18). The Morgan fingerprint density at radius 1 is 1.37 bits per heavy atom. The van der Waals surface area contributed by atoms with Gasteiger partial charge in [-0.05, 0) is 40.5 Å². The highest BCUT2D eigenvalue weighted by molar-refractivity contribution is 9.10. The number of methoxy groups -OCH3 is 1. The first kappa shape index (κ1) is 17.0. The van der Waals surface area contributed by atoms with Crippen LogP contribution >= 0.6 is 47.8 Å². The molecule has 1 N–H and O–H groups in total. The van der Waals surface area contributed by atoms with Crippen molar-refractivity contribution in [3.8, 4) is 5.75 Å². The third-order valence-electron chi connectivity index (χ3n) is 2.98. The van der Waals surface area contributed by atoms with Gasteiger partial charge in [0.2, 0.25) is 0 Å². The number of carbonyl (C=O) groups is 1. The van der Waals surface area contributed by atoms with Gasteiger partial charge in [-0.1, -0.05) is 38.8 Å². The van der Waals surface area contributed by atoms with Crippen LogP contribution in [0.2, 0.25) is 0 Å². The summed E-state index contributed by atoms with van der Waals surface area (Å²) in [5, 5.41) is 4.46. The first-order valence-electron chi connectivity index (χ1n) is 5.80. The molecular formula is C13H16Br3NO2. The van der Waals surface area contributed by atoms with Gasteiger partial charge in [-0.3, -0.25) is 4.79 Å². The van der Waals surface area contributed by atoms with Gasteiger partial charge in [-0.2, -0.15) is 0 Å². The fourth-order valence-corrected chi connectivity index (χ4v) is 4.04.